The van der Waals surface area contributed by atoms with Crippen molar-refractivity contribution in [2.45, 2.75) is 12.8 Å². The summed E-state index contributed by atoms with van der Waals surface area (Å²) in [6.45, 7) is 0.696. The van der Waals surface area contributed by atoms with Crippen LogP contribution in [0.3, 0.4) is 0 Å². The quantitative estimate of drug-likeness (QED) is 0.818. The molecule has 1 aliphatic carbocycles. The van der Waals surface area contributed by atoms with Crippen molar-refractivity contribution < 1.29 is 19.1 Å². The second-order valence-electron chi connectivity index (χ2n) is 4.96. The summed E-state index contributed by atoms with van der Waals surface area (Å²) < 4.78 is 13.8. The van der Waals surface area contributed by atoms with Gasteiger partial charge in [-0.3, -0.25) is 0 Å². The van der Waals surface area contributed by atoms with E-state index in [9.17, 15) is 14.0 Å². The Morgan fingerprint density at radius 2 is 2.19 bits per heavy atom. The lowest BCUT2D eigenvalue weighted by Crippen LogP contribution is -2.37. The first kappa shape index (κ1) is 14.9. The van der Waals surface area contributed by atoms with E-state index in [1.54, 1.807) is 0 Å². The van der Waals surface area contributed by atoms with Gasteiger partial charge in [-0.25, -0.2) is 14.0 Å². The molecule has 1 fully saturated rings. The summed E-state index contributed by atoms with van der Waals surface area (Å²) in [4.78, 5) is 24.2. The van der Waals surface area contributed by atoms with Gasteiger partial charge in [0, 0.05) is 6.54 Å². The SMILES string of the molecule is C#CCN(CC1CC1)C(=O)Nc1ccc(C(=O)O)cc1F. The number of carbonyl (C=O) groups is 2. The topological polar surface area (TPSA) is 69.6 Å². The Morgan fingerprint density at radius 3 is 2.71 bits per heavy atom. The third-order valence-electron chi connectivity index (χ3n) is 3.20. The zero-order chi connectivity index (χ0) is 15.4. The summed E-state index contributed by atoms with van der Waals surface area (Å²) in [6.07, 6.45) is 7.36. The highest BCUT2D eigenvalue weighted by atomic mass is 19.1. The van der Waals surface area contributed by atoms with Gasteiger partial charge < -0.3 is 15.3 Å². The average Bonchev–Trinajstić information content (AvgIpc) is 3.24. The number of benzene rings is 1. The van der Waals surface area contributed by atoms with Crippen LogP contribution in [-0.4, -0.2) is 35.1 Å². The van der Waals surface area contributed by atoms with Crippen LogP contribution in [0.5, 0.6) is 0 Å². The molecule has 21 heavy (non-hydrogen) atoms. The first-order valence-corrected chi connectivity index (χ1v) is 6.53. The maximum Gasteiger partial charge on any atom is 0.335 e. The predicted molar refractivity (Wildman–Crippen MR) is 75.5 cm³/mol. The highest BCUT2D eigenvalue weighted by Crippen LogP contribution is 2.29. The number of halogens is 1. The van der Waals surface area contributed by atoms with Crippen LogP contribution in [-0.2, 0) is 0 Å². The molecule has 0 unspecified atom stereocenters. The van der Waals surface area contributed by atoms with E-state index in [1.165, 1.54) is 17.0 Å². The molecule has 0 aliphatic heterocycles. The van der Waals surface area contributed by atoms with Gasteiger partial charge in [0.2, 0.25) is 0 Å². The predicted octanol–water partition coefficient (Wildman–Crippen LogP) is 2.40. The monoisotopic (exact) mass is 290 g/mol. The molecule has 5 nitrogen and oxygen atoms in total. The number of amides is 2. The van der Waals surface area contributed by atoms with Crippen molar-refractivity contribution in [2.24, 2.45) is 5.92 Å². The second kappa shape index (κ2) is 6.27. The minimum atomic E-state index is -1.23. The molecule has 0 atom stereocenters. The van der Waals surface area contributed by atoms with Crippen molar-refractivity contribution in [2.75, 3.05) is 18.4 Å². The van der Waals surface area contributed by atoms with Crippen LogP contribution in [0.1, 0.15) is 23.2 Å². The van der Waals surface area contributed by atoms with Gasteiger partial charge in [-0.05, 0) is 37.0 Å². The van der Waals surface area contributed by atoms with Crippen LogP contribution in [0, 0.1) is 24.1 Å². The molecular formula is C15H15FN2O3. The van der Waals surface area contributed by atoms with Crippen LogP contribution >= 0.6 is 0 Å². The van der Waals surface area contributed by atoms with Gasteiger partial charge in [0.1, 0.15) is 5.82 Å². The van der Waals surface area contributed by atoms with Crippen LogP contribution in [0.25, 0.3) is 0 Å². The molecule has 0 aromatic heterocycles. The molecular weight excluding hydrogens is 275 g/mol. The van der Waals surface area contributed by atoms with Crippen molar-refractivity contribution >= 4 is 17.7 Å². The van der Waals surface area contributed by atoms with E-state index in [2.05, 4.69) is 11.2 Å². The minimum Gasteiger partial charge on any atom is -0.478 e. The Kier molecular flexibility index (Phi) is 4.43. The van der Waals surface area contributed by atoms with Gasteiger partial charge in [0.15, 0.2) is 0 Å². The molecule has 0 saturated heterocycles. The lowest BCUT2D eigenvalue weighted by atomic mass is 10.2. The molecule has 2 rings (SSSR count). The van der Waals surface area contributed by atoms with Gasteiger partial charge in [0.05, 0.1) is 17.8 Å². The number of nitrogens with one attached hydrogen (secondary N) is 1. The summed E-state index contributed by atoms with van der Waals surface area (Å²) in [5.74, 6) is 0.838. The normalized spacial score (nSPS) is 13.3. The Labute approximate surface area is 121 Å². The molecule has 0 spiro atoms. The standard InChI is InChI=1S/C15H15FN2O3/c1-2-7-18(9-10-3-4-10)15(21)17-13-6-5-11(14(19)20)8-12(13)16/h1,5-6,8,10H,3-4,7,9H2,(H,17,21)(H,19,20). The largest absolute Gasteiger partial charge is 0.478 e. The number of aromatic carboxylic acids is 1. The fourth-order valence-corrected chi connectivity index (χ4v) is 1.89. The van der Waals surface area contributed by atoms with Gasteiger partial charge in [-0.2, -0.15) is 0 Å². The molecule has 2 N–H and O–H groups in total. The summed E-state index contributed by atoms with van der Waals surface area (Å²) in [6, 6.07) is 2.83. The molecule has 0 bridgehead atoms. The first-order chi connectivity index (χ1) is 10.0. The number of anilines is 1. The molecule has 1 aromatic rings. The van der Waals surface area contributed by atoms with Crippen LogP contribution in [0.15, 0.2) is 18.2 Å². The molecule has 110 valence electrons. The van der Waals surface area contributed by atoms with Crippen LogP contribution < -0.4 is 5.32 Å². The van der Waals surface area contributed by atoms with E-state index >= 15 is 0 Å². The van der Waals surface area contributed by atoms with Gasteiger partial charge in [-0.15, -0.1) is 6.42 Å². The second-order valence-corrected chi connectivity index (χ2v) is 4.96. The number of nitrogens with zero attached hydrogens (tertiary/aromatic N) is 1. The van der Waals surface area contributed by atoms with E-state index in [0.29, 0.717) is 12.5 Å². The van der Waals surface area contributed by atoms with Crippen molar-refractivity contribution in [1.29, 1.82) is 0 Å². The molecule has 1 saturated carbocycles. The molecule has 1 aliphatic rings. The Hall–Kier alpha value is -2.55. The zero-order valence-corrected chi connectivity index (χ0v) is 11.3. The van der Waals surface area contributed by atoms with Crippen molar-refractivity contribution in [3.63, 3.8) is 0 Å². The number of carboxylic acid groups (broad SMARTS) is 1. The van der Waals surface area contributed by atoms with Crippen molar-refractivity contribution in [3.05, 3.63) is 29.6 Å². The number of carbonyl (C=O) groups excluding carboxylic acids is 1. The molecule has 6 heteroatoms. The van der Waals surface area contributed by atoms with E-state index < -0.39 is 17.8 Å². The van der Waals surface area contributed by atoms with Gasteiger partial charge in [-0.1, -0.05) is 5.92 Å². The fourth-order valence-electron chi connectivity index (χ4n) is 1.89. The third kappa shape index (κ3) is 3.96. The molecule has 0 radical (unpaired) electrons. The summed E-state index contributed by atoms with van der Waals surface area (Å²) in [7, 11) is 0. The Bertz CT molecular complexity index is 605. The van der Waals surface area contributed by atoms with Crippen molar-refractivity contribution in [3.8, 4) is 12.3 Å². The fraction of sp³-hybridized carbons (Fsp3) is 0.333. The first-order valence-electron chi connectivity index (χ1n) is 6.53. The van der Waals surface area contributed by atoms with Crippen molar-refractivity contribution in [1.82, 2.24) is 4.90 Å². The highest BCUT2D eigenvalue weighted by molar-refractivity contribution is 5.92. The molecule has 2 amide bonds. The van der Waals surface area contributed by atoms with E-state index in [0.717, 1.165) is 18.9 Å². The van der Waals surface area contributed by atoms with Gasteiger partial charge >= 0.3 is 12.0 Å². The Morgan fingerprint density at radius 1 is 1.48 bits per heavy atom. The highest BCUT2D eigenvalue weighted by Gasteiger charge is 2.26. The number of hydrogen-bond acceptors (Lipinski definition) is 2. The number of rotatable bonds is 5. The molecule has 1 aromatic carbocycles. The van der Waals surface area contributed by atoms with Crippen LogP contribution in [0.4, 0.5) is 14.9 Å². The van der Waals surface area contributed by atoms with E-state index in [-0.39, 0.29) is 17.8 Å². The summed E-state index contributed by atoms with van der Waals surface area (Å²) >= 11 is 0. The van der Waals surface area contributed by atoms with E-state index in [1.807, 2.05) is 0 Å². The molecule has 0 heterocycles. The third-order valence-corrected chi connectivity index (χ3v) is 3.20. The summed E-state index contributed by atoms with van der Waals surface area (Å²) in [5, 5.41) is 11.2. The smallest absolute Gasteiger partial charge is 0.335 e. The van der Waals surface area contributed by atoms with Gasteiger partial charge in [0.25, 0.3) is 0 Å². The maximum atomic E-state index is 13.8. The van der Waals surface area contributed by atoms with E-state index in [4.69, 9.17) is 11.5 Å². The number of carboxylic acids is 1. The lowest BCUT2D eigenvalue weighted by Gasteiger charge is -2.20. The Balaban J connectivity index is 2.06. The lowest BCUT2D eigenvalue weighted by molar-refractivity contribution is 0.0696. The average molecular weight is 290 g/mol. The number of hydrogen-bond donors (Lipinski definition) is 2. The zero-order valence-electron chi connectivity index (χ0n) is 11.3. The summed E-state index contributed by atoms with van der Waals surface area (Å²) in [5.41, 5.74) is -0.244. The van der Waals surface area contributed by atoms with Crippen LogP contribution in [0.2, 0.25) is 0 Å². The number of terminal acetylenes is 1. The maximum absolute atomic E-state index is 13.8. The minimum absolute atomic E-state index is 0.0668. The number of urea groups is 1.